The third-order valence-electron chi connectivity index (χ3n) is 17.0. The summed E-state index contributed by atoms with van der Waals surface area (Å²) in [5.74, 6) is 0. The molecule has 0 N–H and O–H groups in total. The van der Waals surface area contributed by atoms with Crippen LogP contribution in [0.5, 0.6) is 0 Å². The van der Waals surface area contributed by atoms with E-state index in [1.807, 2.05) is 60.7 Å². The van der Waals surface area contributed by atoms with E-state index in [0.29, 0.717) is 0 Å². The van der Waals surface area contributed by atoms with E-state index in [-0.39, 0.29) is 46.4 Å². The van der Waals surface area contributed by atoms with Crippen LogP contribution in [0.2, 0.25) is 72.5 Å². The second-order valence-corrected chi connectivity index (χ2v) is 47.2. The van der Waals surface area contributed by atoms with Crippen LogP contribution in [0.25, 0.3) is 43.3 Å². The molecule has 386 valence electrons. The molecule has 0 unspecified atom stereocenters. The Kier molecular flexibility index (Phi) is 21.4. The summed E-state index contributed by atoms with van der Waals surface area (Å²) in [6, 6.07) is 46.6. The van der Waals surface area contributed by atoms with E-state index in [1.165, 1.54) is 32.7 Å². The quantitative estimate of drug-likeness (QED) is 0.0853. The van der Waals surface area contributed by atoms with Gasteiger partial charge in [-0.25, -0.2) is 0 Å². The summed E-state index contributed by atoms with van der Waals surface area (Å²) < 4.78 is 6.03. The minimum Gasteiger partial charge on any atom is -0.683 e. The van der Waals surface area contributed by atoms with Crippen LogP contribution in [0.1, 0.15) is 94.2 Å². The molecule has 0 fully saturated rings. The zero-order valence-electron chi connectivity index (χ0n) is 48.2. The van der Waals surface area contributed by atoms with Gasteiger partial charge in [-0.2, -0.15) is 49.2 Å². The number of nitrogens with zero attached hydrogens (tertiary/aromatic N) is 4. The van der Waals surface area contributed by atoms with E-state index >= 15 is 0 Å². The minimum atomic E-state index is -1.84. The van der Waals surface area contributed by atoms with Gasteiger partial charge in [0.2, 0.25) is 0 Å². The van der Waals surface area contributed by atoms with Crippen molar-refractivity contribution in [2.45, 2.75) is 156 Å². The normalized spacial score (nSPS) is 13.0. The first-order chi connectivity index (χ1) is 32.2. The Hall–Kier alpha value is -3.15. The maximum absolute atomic E-state index is 5.60. The van der Waals surface area contributed by atoms with Gasteiger partial charge in [0.25, 0.3) is 0 Å². The molecule has 0 bridgehead atoms. The molecule has 9 heteroatoms. The fourth-order valence-corrected chi connectivity index (χ4v) is 30.0. The predicted molar refractivity (Wildman–Crippen MR) is 327 cm³/mol. The number of fused-ring (bicyclic) bond motifs is 2. The van der Waals surface area contributed by atoms with Crippen LogP contribution in [-0.2, 0) is 26.2 Å². The van der Waals surface area contributed by atoms with Crippen LogP contribution in [0.4, 0.5) is 11.4 Å². The molecule has 0 saturated heterocycles. The second-order valence-electron chi connectivity index (χ2n) is 25.6. The van der Waals surface area contributed by atoms with Crippen LogP contribution < -0.4 is 0 Å². The van der Waals surface area contributed by atoms with E-state index in [9.17, 15) is 0 Å². The van der Waals surface area contributed by atoms with Crippen molar-refractivity contribution in [3.05, 3.63) is 169 Å². The Labute approximate surface area is 459 Å². The molecule has 6 aromatic carbocycles. The van der Waals surface area contributed by atoms with Gasteiger partial charge in [0.15, 0.2) is 0 Å². The molecule has 0 amide bonds. The first kappa shape index (κ1) is 62.1. The van der Waals surface area contributed by atoms with Crippen molar-refractivity contribution in [1.82, 2.24) is 8.46 Å². The summed E-state index contributed by atoms with van der Waals surface area (Å²) in [6.45, 7) is 61.2. The molecule has 6 aromatic rings. The first-order valence-electron chi connectivity index (χ1n) is 25.9. The molecule has 0 aromatic heterocycles. The van der Waals surface area contributed by atoms with Crippen LogP contribution in [0, 0.1) is 13.8 Å². The zero-order chi connectivity index (χ0) is 52.7. The summed E-state index contributed by atoms with van der Waals surface area (Å²) in [5, 5.41) is 17.2. The Balaban J connectivity index is 0.000000758. The molecular formula is C62H94N4Si4Zr-4. The Morgan fingerprint density at radius 2 is 0.620 bits per heavy atom. The van der Waals surface area contributed by atoms with Gasteiger partial charge in [0.1, 0.15) is 32.9 Å². The average Bonchev–Trinajstić information content (AvgIpc) is 3.25. The van der Waals surface area contributed by atoms with Gasteiger partial charge in [0, 0.05) is 26.2 Å². The summed E-state index contributed by atoms with van der Waals surface area (Å²) in [6.07, 6.45) is 0. The SMILES string of the molecule is CC(C)(C)[Si](C)(C)N(CC[N-]c1ccc2ccccc2c1-c1c([N-]CCN([Si](C)(C)C(C)(C)C)[Si](C)(C)C(C)(C)C)ccc2ccccc12)[Si](C)(C)C(C)(C)C.[CH2-]c1ccccc1.[CH2-]c1ccccc1.[Zr]. The fraction of sp³-hybridized carbons (Fsp3) is 0.452. The fourth-order valence-electron chi connectivity index (χ4n) is 8.94. The molecule has 0 radical (unpaired) electrons. The molecule has 0 aliphatic heterocycles. The Morgan fingerprint density at radius 1 is 0.366 bits per heavy atom. The molecule has 4 nitrogen and oxygen atoms in total. The molecule has 0 heterocycles. The van der Waals surface area contributed by atoms with E-state index in [0.717, 1.165) is 48.7 Å². The van der Waals surface area contributed by atoms with E-state index in [2.05, 4.69) is 231 Å². The van der Waals surface area contributed by atoms with Crippen LogP contribution in [-0.4, -0.2) is 67.6 Å². The van der Waals surface area contributed by atoms with Gasteiger partial charge in [0.05, 0.1) is 0 Å². The number of rotatable bonds is 13. The maximum atomic E-state index is 5.60. The minimum absolute atomic E-state index is 0. The summed E-state index contributed by atoms with van der Waals surface area (Å²) in [4.78, 5) is 0. The van der Waals surface area contributed by atoms with Gasteiger partial charge in [-0.3, -0.25) is 0 Å². The number of hydrogen-bond donors (Lipinski definition) is 0. The van der Waals surface area contributed by atoms with Crippen molar-refractivity contribution in [2.24, 2.45) is 0 Å². The number of hydrogen-bond acceptors (Lipinski definition) is 2. The van der Waals surface area contributed by atoms with Crippen molar-refractivity contribution in [1.29, 1.82) is 0 Å². The van der Waals surface area contributed by atoms with Crippen molar-refractivity contribution >= 4 is 65.9 Å². The van der Waals surface area contributed by atoms with Crippen LogP contribution >= 0.6 is 0 Å². The molecule has 71 heavy (non-hydrogen) atoms. The van der Waals surface area contributed by atoms with Crippen molar-refractivity contribution in [2.75, 3.05) is 26.2 Å². The molecule has 0 aliphatic rings. The van der Waals surface area contributed by atoms with Gasteiger partial charge in [-0.1, -0.05) is 220 Å². The van der Waals surface area contributed by atoms with Crippen molar-refractivity contribution in [3.63, 3.8) is 0 Å². The summed E-state index contributed by atoms with van der Waals surface area (Å²) >= 11 is 0. The summed E-state index contributed by atoms with van der Waals surface area (Å²) in [5.41, 5.74) is 6.73. The van der Waals surface area contributed by atoms with Crippen molar-refractivity contribution < 1.29 is 26.2 Å². The summed E-state index contributed by atoms with van der Waals surface area (Å²) in [7, 11) is -7.35. The molecule has 0 saturated carbocycles. The second kappa shape index (κ2) is 24.5. The zero-order valence-corrected chi connectivity index (χ0v) is 54.7. The first-order valence-corrected chi connectivity index (χ1v) is 37.6. The molecular weight excluding hydrogens is 1000 g/mol. The van der Waals surface area contributed by atoms with Crippen LogP contribution in [0.15, 0.2) is 133 Å². The standard InChI is InChI=1S/C48H80N4Si4.2C7H7.Zr/c1-45(2,3)53(13,14)51(54(15,16)46(4,5)6)35-33-49-41-31-29-37-25-21-23-27-39(37)43(41)44-40-28-24-22-26-38(40)30-32-42(44)50-34-36-52(55(17,18)47(7,8)9)56(19,20)48(10,11)12;2*1-7-5-3-2-4-6-7;/h21-32H,33-36H2,1-20H3;2*2-6H,1H2;/q-2;2*-1;. The predicted octanol–water partition coefficient (Wildman–Crippen LogP) is 20.0. The van der Waals surface area contributed by atoms with Gasteiger partial charge in [-0.05, 0) is 65.9 Å². The molecule has 0 aliphatic carbocycles. The third-order valence-corrected chi connectivity index (χ3v) is 44.7. The van der Waals surface area contributed by atoms with Crippen molar-refractivity contribution in [3.8, 4) is 11.1 Å². The molecule has 0 atom stereocenters. The monoisotopic (exact) mass is 1100 g/mol. The van der Waals surface area contributed by atoms with Gasteiger partial charge < -0.3 is 19.1 Å². The van der Waals surface area contributed by atoms with Gasteiger partial charge >= 0.3 is 0 Å². The average molecular weight is 1100 g/mol. The van der Waals surface area contributed by atoms with E-state index < -0.39 is 32.9 Å². The van der Waals surface area contributed by atoms with E-state index in [1.54, 1.807) is 0 Å². The van der Waals surface area contributed by atoms with Crippen LogP contribution in [0.3, 0.4) is 0 Å². The third kappa shape index (κ3) is 15.0. The Bertz CT molecular complexity index is 2350. The molecule has 0 spiro atoms. The molecule has 6 rings (SSSR count). The topological polar surface area (TPSA) is 34.7 Å². The smallest absolute Gasteiger partial charge is 0.120 e. The van der Waals surface area contributed by atoms with Gasteiger partial charge in [-0.15, -0.1) is 48.7 Å². The van der Waals surface area contributed by atoms with E-state index in [4.69, 9.17) is 10.6 Å². The Morgan fingerprint density at radius 3 is 0.859 bits per heavy atom. The number of benzene rings is 6. The maximum Gasteiger partial charge on any atom is 0.120 e. The largest absolute Gasteiger partial charge is 0.683 e.